The lowest BCUT2D eigenvalue weighted by Crippen LogP contribution is -2.65. The van der Waals surface area contributed by atoms with Crippen LogP contribution in [0.1, 0.15) is 37.8 Å². The number of hydrogen-bond acceptors (Lipinski definition) is 6. The fourth-order valence-corrected chi connectivity index (χ4v) is 4.67. The van der Waals surface area contributed by atoms with Crippen LogP contribution in [-0.4, -0.2) is 40.2 Å². The summed E-state index contributed by atoms with van der Waals surface area (Å²) >= 11 is 5.64. The maximum Gasteiger partial charge on any atom is 0.258 e. The standard InChI is InChI=1S/C21H23ClFN3O5/c22-15-2-1-14(7-16(15)23)31-11-18(28)26-20-3-5-21(6-4-20,17(27)8-20)19(29)24-9-13-10-30-12-25-13/h1-2,7,10,12,17,27H,3-6,8-9,11H2,(H,24,29)(H,26,28). The van der Waals surface area contributed by atoms with Gasteiger partial charge in [-0.05, 0) is 44.2 Å². The van der Waals surface area contributed by atoms with Crippen LogP contribution in [0.25, 0.3) is 0 Å². The molecule has 10 heteroatoms. The van der Waals surface area contributed by atoms with E-state index in [0.29, 0.717) is 31.4 Å². The Morgan fingerprint density at radius 1 is 1.32 bits per heavy atom. The molecule has 1 heterocycles. The molecule has 1 aromatic carbocycles. The number of aliphatic hydroxyl groups excluding tert-OH is 1. The number of rotatable bonds is 7. The number of aliphatic hydroxyl groups is 1. The normalized spacial score (nSPS) is 27.0. The maximum absolute atomic E-state index is 13.5. The van der Waals surface area contributed by atoms with Crippen LogP contribution in [0.2, 0.25) is 5.02 Å². The first-order valence-corrected chi connectivity index (χ1v) is 10.4. The smallest absolute Gasteiger partial charge is 0.258 e. The van der Waals surface area contributed by atoms with E-state index in [2.05, 4.69) is 15.6 Å². The van der Waals surface area contributed by atoms with E-state index in [4.69, 9.17) is 20.8 Å². The number of halogens is 2. The van der Waals surface area contributed by atoms with Gasteiger partial charge in [-0.15, -0.1) is 0 Å². The Morgan fingerprint density at radius 2 is 2.10 bits per heavy atom. The average molecular weight is 452 g/mol. The number of nitrogens with one attached hydrogen (secondary N) is 2. The molecule has 0 radical (unpaired) electrons. The quantitative estimate of drug-likeness (QED) is 0.595. The van der Waals surface area contributed by atoms with Crippen LogP contribution in [0.4, 0.5) is 4.39 Å². The molecule has 0 aliphatic heterocycles. The highest BCUT2D eigenvalue weighted by molar-refractivity contribution is 6.30. The second-order valence-corrected chi connectivity index (χ2v) is 8.64. The summed E-state index contributed by atoms with van der Waals surface area (Å²) in [6.07, 6.45) is 4.22. The van der Waals surface area contributed by atoms with E-state index >= 15 is 0 Å². The van der Waals surface area contributed by atoms with Gasteiger partial charge in [-0.1, -0.05) is 11.6 Å². The van der Waals surface area contributed by atoms with Gasteiger partial charge in [0.25, 0.3) is 5.91 Å². The molecular formula is C21H23ClFN3O5. The van der Waals surface area contributed by atoms with E-state index in [1.807, 2.05) is 0 Å². The molecule has 0 spiro atoms. The predicted octanol–water partition coefficient (Wildman–Crippen LogP) is 2.34. The van der Waals surface area contributed by atoms with Gasteiger partial charge < -0.3 is 24.9 Å². The van der Waals surface area contributed by atoms with Gasteiger partial charge in [0.1, 0.15) is 17.8 Å². The van der Waals surface area contributed by atoms with Gasteiger partial charge in [-0.3, -0.25) is 9.59 Å². The van der Waals surface area contributed by atoms with Gasteiger partial charge in [0.05, 0.1) is 28.8 Å². The van der Waals surface area contributed by atoms with E-state index in [9.17, 15) is 19.1 Å². The number of nitrogens with zero attached hydrogens (tertiary/aromatic N) is 1. The summed E-state index contributed by atoms with van der Waals surface area (Å²) in [7, 11) is 0. The van der Waals surface area contributed by atoms with Crippen LogP contribution >= 0.6 is 11.6 Å². The average Bonchev–Trinajstić information content (AvgIpc) is 3.27. The number of carbonyl (C=O) groups is 2. The zero-order valence-corrected chi connectivity index (χ0v) is 17.5. The lowest BCUT2D eigenvalue weighted by Gasteiger charge is -2.55. The maximum atomic E-state index is 13.5. The predicted molar refractivity (Wildman–Crippen MR) is 108 cm³/mol. The Hall–Kier alpha value is -2.65. The topological polar surface area (TPSA) is 114 Å². The highest BCUT2D eigenvalue weighted by Crippen LogP contribution is 2.52. The van der Waals surface area contributed by atoms with Gasteiger partial charge in [0.2, 0.25) is 5.91 Å². The minimum absolute atomic E-state index is 0.0253. The number of fused-ring (bicyclic) bond motifs is 3. The van der Waals surface area contributed by atoms with Gasteiger partial charge in [-0.25, -0.2) is 9.37 Å². The highest BCUT2D eigenvalue weighted by Gasteiger charge is 2.58. The largest absolute Gasteiger partial charge is 0.484 e. The van der Waals surface area contributed by atoms with Crippen molar-refractivity contribution in [1.82, 2.24) is 15.6 Å². The number of carbonyl (C=O) groups excluding carboxylic acids is 2. The Labute approximate surface area is 183 Å². The van der Waals surface area contributed by atoms with E-state index in [-0.39, 0.29) is 42.2 Å². The third kappa shape index (κ3) is 4.38. The monoisotopic (exact) mass is 451 g/mol. The minimum Gasteiger partial charge on any atom is -0.484 e. The van der Waals surface area contributed by atoms with E-state index in [1.165, 1.54) is 24.8 Å². The fraction of sp³-hybridized carbons (Fsp3) is 0.476. The number of aromatic nitrogens is 1. The molecule has 166 valence electrons. The summed E-state index contributed by atoms with van der Waals surface area (Å²) in [5.74, 6) is -1.01. The Morgan fingerprint density at radius 3 is 2.74 bits per heavy atom. The van der Waals surface area contributed by atoms with Crippen LogP contribution in [-0.2, 0) is 16.1 Å². The van der Waals surface area contributed by atoms with Crippen molar-refractivity contribution < 1.29 is 28.2 Å². The number of ether oxygens (including phenoxy) is 1. The zero-order chi connectivity index (χ0) is 22.1. The van der Waals surface area contributed by atoms with Crippen molar-refractivity contribution in [3.63, 3.8) is 0 Å². The molecule has 2 bridgehead atoms. The first-order chi connectivity index (χ1) is 14.8. The SMILES string of the molecule is O=C(COc1ccc(Cl)c(F)c1)NC12CCC(C(=O)NCc3cocn3)(CC1)C(O)C2. The van der Waals surface area contributed by atoms with Gasteiger partial charge in [-0.2, -0.15) is 0 Å². The lowest BCUT2D eigenvalue weighted by atomic mass is 9.55. The van der Waals surface area contributed by atoms with Crippen LogP contribution in [0.15, 0.2) is 35.3 Å². The Balaban J connectivity index is 1.32. The zero-order valence-electron chi connectivity index (χ0n) is 16.7. The summed E-state index contributed by atoms with van der Waals surface area (Å²) < 4.78 is 23.7. The number of benzene rings is 1. The molecule has 31 heavy (non-hydrogen) atoms. The molecule has 3 aliphatic rings. The molecule has 1 unspecified atom stereocenters. The first-order valence-electron chi connectivity index (χ1n) is 10.0. The third-order valence-electron chi connectivity index (χ3n) is 6.35. The molecule has 5 rings (SSSR count). The van der Waals surface area contributed by atoms with Crippen molar-refractivity contribution in [3.05, 3.63) is 47.4 Å². The lowest BCUT2D eigenvalue weighted by molar-refractivity contribution is -0.156. The molecule has 3 N–H and O–H groups in total. The van der Waals surface area contributed by atoms with Crippen molar-refractivity contribution in [2.45, 2.75) is 50.3 Å². The summed E-state index contributed by atoms with van der Waals surface area (Å²) in [5.41, 5.74) is -0.847. The molecule has 3 fully saturated rings. The van der Waals surface area contributed by atoms with Crippen LogP contribution < -0.4 is 15.4 Å². The number of oxazole rings is 1. The number of amides is 2. The van der Waals surface area contributed by atoms with Crippen LogP contribution in [0.5, 0.6) is 5.75 Å². The van der Waals surface area contributed by atoms with Crippen LogP contribution in [0, 0.1) is 11.2 Å². The number of hydrogen-bond donors (Lipinski definition) is 3. The summed E-state index contributed by atoms with van der Waals surface area (Å²) in [6, 6.07) is 3.95. The van der Waals surface area contributed by atoms with Crippen molar-refractivity contribution in [3.8, 4) is 5.75 Å². The summed E-state index contributed by atoms with van der Waals surface area (Å²) in [4.78, 5) is 29.3. The molecule has 1 aromatic heterocycles. The second kappa shape index (κ2) is 8.47. The van der Waals surface area contributed by atoms with Crippen molar-refractivity contribution in [2.24, 2.45) is 5.41 Å². The van der Waals surface area contributed by atoms with Crippen LogP contribution in [0.3, 0.4) is 0 Å². The van der Waals surface area contributed by atoms with Gasteiger partial charge >= 0.3 is 0 Å². The fourth-order valence-electron chi connectivity index (χ4n) is 4.55. The second-order valence-electron chi connectivity index (χ2n) is 8.23. The summed E-state index contributed by atoms with van der Waals surface area (Å²) in [5, 5.41) is 16.6. The van der Waals surface area contributed by atoms with Gasteiger partial charge in [0.15, 0.2) is 13.0 Å². The minimum atomic E-state index is -0.876. The molecular weight excluding hydrogens is 429 g/mol. The van der Waals surface area contributed by atoms with E-state index in [1.54, 1.807) is 0 Å². The van der Waals surface area contributed by atoms with Gasteiger partial charge in [0, 0.05) is 11.6 Å². The first kappa shape index (κ1) is 21.6. The molecule has 3 saturated carbocycles. The Kier molecular flexibility index (Phi) is 5.90. The van der Waals surface area contributed by atoms with E-state index < -0.39 is 22.9 Å². The molecule has 3 aliphatic carbocycles. The molecule has 8 nitrogen and oxygen atoms in total. The molecule has 2 aromatic rings. The van der Waals surface area contributed by atoms with Crippen molar-refractivity contribution >= 4 is 23.4 Å². The molecule has 2 amide bonds. The third-order valence-corrected chi connectivity index (χ3v) is 6.66. The highest BCUT2D eigenvalue weighted by atomic mass is 35.5. The summed E-state index contributed by atoms with van der Waals surface area (Å²) in [6.45, 7) is -0.0590. The molecule has 1 atom stereocenters. The van der Waals surface area contributed by atoms with Crippen molar-refractivity contribution in [2.75, 3.05) is 6.61 Å². The molecule has 0 saturated heterocycles. The van der Waals surface area contributed by atoms with Crippen molar-refractivity contribution in [1.29, 1.82) is 0 Å². The van der Waals surface area contributed by atoms with E-state index in [0.717, 1.165) is 6.07 Å². The Bertz CT molecular complexity index is 960.